The van der Waals surface area contributed by atoms with E-state index in [1.54, 1.807) is 0 Å². The lowest BCUT2D eigenvalue weighted by atomic mass is 9.83. The predicted molar refractivity (Wildman–Crippen MR) is 112 cm³/mol. The third-order valence-electron chi connectivity index (χ3n) is 6.37. The Morgan fingerprint density at radius 1 is 1.03 bits per heavy atom. The second-order valence-electron chi connectivity index (χ2n) is 8.59. The summed E-state index contributed by atoms with van der Waals surface area (Å²) in [5, 5.41) is 8.62. The fraction of sp³-hybridized carbons (Fsp3) is 0.682. The highest BCUT2D eigenvalue weighted by Crippen LogP contribution is 2.27. The zero-order chi connectivity index (χ0) is 21.3. The molecule has 0 saturated heterocycles. The van der Waals surface area contributed by atoms with Crippen LogP contribution in [0.25, 0.3) is 0 Å². The van der Waals surface area contributed by atoms with E-state index in [0.29, 0.717) is 5.92 Å². The average Bonchev–Trinajstić information content (AvgIpc) is 2.78. The van der Waals surface area contributed by atoms with Gasteiger partial charge in [0.15, 0.2) is 0 Å². The molecule has 2 aliphatic carbocycles. The maximum atomic E-state index is 12.9. The largest absolute Gasteiger partial charge is 0.352 e. The van der Waals surface area contributed by atoms with Gasteiger partial charge in [0.25, 0.3) is 5.91 Å². The summed E-state index contributed by atoms with van der Waals surface area (Å²) in [6, 6.07) is -0.505. The predicted octanol–water partition coefficient (Wildman–Crippen LogP) is 1.97. The lowest BCUT2D eigenvalue weighted by Gasteiger charge is -2.31. The number of aromatic nitrogens is 2. The van der Waals surface area contributed by atoms with Crippen molar-refractivity contribution in [2.24, 2.45) is 11.8 Å². The van der Waals surface area contributed by atoms with Crippen LogP contribution in [0.15, 0.2) is 18.6 Å². The summed E-state index contributed by atoms with van der Waals surface area (Å²) < 4.78 is 0. The molecular formula is C22H33N5O3. The normalized spacial score (nSPS) is 23.2. The molecule has 0 bridgehead atoms. The van der Waals surface area contributed by atoms with Crippen LogP contribution in [0, 0.1) is 11.8 Å². The van der Waals surface area contributed by atoms with E-state index in [2.05, 4.69) is 32.8 Å². The summed E-state index contributed by atoms with van der Waals surface area (Å²) in [6.07, 6.45) is 13.7. The summed E-state index contributed by atoms with van der Waals surface area (Å²) in [6.45, 7) is 2.08. The molecular weight excluding hydrogens is 382 g/mol. The molecule has 1 aromatic heterocycles. The van der Waals surface area contributed by atoms with Crippen LogP contribution >= 0.6 is 0 Å². The van der Waals surface area contributed by atoms with Gasteiger partial charge in [0, 0.05) is 18.4 Å². The minimum Gasteiger partial charge on any atom is -0.352 e. The number of carbonyl (C=O) groups is 3. The van der Waals surface area contributed by atoms with Gasteiger partial charge in [0.05, 0.1) is 12.7 Å². The van der Waals surface area contributed by atoms with Gasteiger partial charge < -0.3 is 16.0 Å². The molecule has 30 heavy (non-hydrogen) atoms. The first-order chi connectivity index (χ1) is 14.5. The summed E-state index contributed by atoms with van der Waals surface area (Å²) in [5.74, 6) is -0.398. The van der Waals surface area contributed by atoms with Gasteiger partial charge in [-0.3, -0.25) is 19.4 Å². The summed E-state index contributed by atoms with van der Waals surface area (Å²) in [4.78, 5) is 45.8. The topological polar surface area (TPSA) is 113 Å². The molecule has 3 atom stereocenters. The molecule has 1 unspecified atom stereocenters. The summed E-state index contributed by atoms with van der Waals surface area (Å²) in [5.41, 5.74) is 0.176. The molecule has 0 spiro atoms. The van der Waals surface area contributed by atoms with Crippen LogP contribution in [0.3, 0.4) is 0 Å². The van der Waals surface area contributed by atoms with Crippen LogP contribution in [0.1, 0.15) is 75.2 Å². The minimum absolute atomic E-state index is 0.0563. The van der Waals surface area contributed by atoms with Crippen molar-refractivity contribution in [2.45, 2.75) is 76.8 Å². The van der Waals surface area contributed by atoms with E-state index in [0.717, 1.165) is 51.4 Å². The molecule has 0 aliphatic heterocycles. The van der Waals surface area contributed by atoms with Crippen LogP contribution in [0.5, 0.6) is 0 Å². The standard InChI is InChI=1S/C22H33N5O3/c1-15-7-5-6-10-17(15)26-19(28)14-25-22(30)20(16-8-3-2-4-9-16)27-21(29)18-13-23-11-12-24-18/h11-13,15-17,20H,2-10,14H2,1H3,(H,25,30)(H,26,28)(H,27,29)/t15-,17+,20?/m1/s1. The van der Waals surface area contributed by atoms with Crippen molar-refractivity contribution in [1.82, 2.24) is 25.9 Å². The summed E-state index contributed by atoms with van der Waals surface area (Å²) >= 11 is 0. The first kappa shape index (κ1) is 22.2. The molecule has 2 aliphatic rings. The van der Waals surface area contributed by atoms with Gasteiger partial charge in [0.1, 0.15) is 11.7 Å². The quantitative estimate of drug-likeness (QED) is 0.630. The monoisotopic (exact) mass is 415 g/mol. The molecule has 3 rings (SSSR count). The SMILES string of the molecule is C[C@@H]1CCCC[C@@H]1NC(=O)CNC(=O)C(NC(=O)c1cnccn1)C1CCCCC1. The van der Waals surface area contributed by atoms with Crippen molar-refractivity contribution in [2.75, 3.05) is 6.54 Å². The van der Waals surface area contributed by atoms with Gasteiger partial charge in [-0.2, -0.15) is 0 Å². The number of nitrogens with zero attached hydrogens (tertiary/aromatic N) is 2. The molecule has 3 amide bonds. The van der Waals surface area contributed by atoms with Crippen LogP contribution in [-0.4, -0.2) is 46.3 Å². The highest BCUT2D eigenvalue weighted by atomic mass is 16.2. The number of nitrogens with one attached hydrogen (secondary N) is 3. The maximum Gasteiger partial charge on any atom is 0.272 e. The van der Waals surface area contributed by atoms with Gasteiger partial charge >= 0.3 is 0 Å². The zero-order valence-corrected chi connectivity index (χ0v) is 17.7. The van der Waals surface area contributed by atoms with Gasteiger partial charge in [-0.25, -0.2) is 4.98 Å². The van der Waals surface area contributed by atoms with E-state index in [4.69, 9.17) is 0 Å². The molecule has 0 radical (unpaired) electrons. The lowest BCUT2D eigenvalue weighted by molar-refractivity contribution is -0.128. The van der Waals surface area contributed by atoms with E-state index < -0.39 is 11.9 Å². The molecule has 2 fully saturated rings. The third kappa shape index (κ3) is 6.24. The first-order valence-corrected chi connectivity index (χ1v) is 11.2. The third-order valence-corrected chi connectivity index (χ3v) is 6.37. The number of rotatable bonds is 7. The van der Waals surface area contributed by atoms with Gasteiger partial charge in [-0.1, -0.05) is 39.0 Å². The van der Waals surface area contributed by atoms with E-state index in [9.17, 15) is 14.4 Å². The van der Waals surface area contributed by atoms with E-state index in [1.165, 1.54) is 25.0 Å². The Kier molecular flexibility index (Phi) is 8.16. The van der Waals surface area contributed by atoms with Gasteiger partial charge in [-0.05, 0) is 37.5 Å². The average molecular weight is 416 g/mol. The molecule has 8 nitrogen and oxygen atoms in total. The highest BCUT2D eigenvalue weighted by Gasteiger charge is 2.32. The van der Waals surface area contributed by atoms with Crippen molar-refractivity contribution in [3.8, 4) is 0 Å². The van der Waals surface area contributed by atoms with Crippen molar-refractivity contribution in [3.63, 3.8) is 0 Å². The van der Waals surface area contributed by atoms with E-state index >= 15 is 0 Å². The lowest BCUT2D eigenvalue weighted by Crippen LogP contribution is -2.53. The Hall–Kier alpha value is -2.51. The number of hydrogen-bond acceptors (Lipinski definition) is 5. The molecule has 164 valence electrons. The Morgan fingerprint density at radius 2 is 1.77 bits per heavy atom. The van der Waals surface area contributed by atoms with E-state index in [-0.39, 0.29) is 36.0 Å². The second-order valence-corrected chi connectivity index (χ2v) is 8.59. The number of amides is 3. The maximum absolute atomic E-state index is 12.9. The second kappa shape index (κ2) is 11.0. The first-order valence-electron chi connectivity index (χ1n) is 11.2. The Labute approximate surface area is 178 Å². The summed E-state index contributed by atoms with van der Waals surface area (Å²) in [7, 11) is 0. The van der Waals surface area contributed by atoms with Crippen LogP contribution < -0.4 is 16.0 Å². The smallest absolute Gasteiger partial charge is 0.272 e. The highest BCUT2D eigenvalue weighted by molar-refractivity contribution is 5.96. The molecule has 1 aromatic rings. The molecule has 3 N–H and O–H groups in total. The molecule has 8 heteroatoms. The van der Waals surface area contributed by atoms with Crippen molar-refractivity contribution in [3.05, 3.63) is 24.3 Å². The fourth-order valence-corrected chi connectivity index (χ4v) is 4.56. The zero-order valence-electron chi connectivity index (χ0n) is 17.7. The van der Waals surface area contributed by atoms with Gasteiger partial charge in [-0.15, -0.1) is 0 Å². The van der Waals surface area contributed by atoms with Gasteiger partial charge in [0.2, 0.25) is 11.8 Å². The molecule has 0 aromatic carbocycles. The number of carbonyl (C=O) groups excluding carboxylic acids is 3. The van der Waals surface area contributed by atoms with Crippen molar-refractivity contribution in [1.29, 1.82) is 0 Å². The molecule has 1 heterocycles. The Balaban J connectivity index is 1.57. The van der Waals surface area contributed by atoms with E-state index in [1.807, 2.05) is 0 Å². The van der Waals surface area contributed by atoms with Crippen LogP contribution in [0.4, 0.5) is 0 Å². The Bertz CT molecular complexity index is 721. The van der Waals surface area contributed by atoms with Crippen LogP contribution in [0.2, 0.25) is 0 Å². The van der Waals surface area contributed by atoms with Crippen molar-refractivity contribution < 1.29 is 14.4 Å². The molecule has 2 saturated carbocycles. The van der Waals surface area contributed by atoms with Crippen molar-refractivity contribution >= 4 is 17.7 Å². The Morgan fingerprint density at radius 3 is 2.47 bits per heavy atom. The minimum atomic E-state index is -0.679. The van der Waals surface area contributed by atoms with Crippen LogP contribution in [-0.2, 0) is 9.59 Å². The fourth-order valence-electron chi connectivity index (χ4n) is 4.56. The number of hydrogen-bond donors (Lipinski definition) is 3.